The number of hydrogen-bond acceptors (Lipinski definition) is 6. The fourth-order valence-electron chi connectivity index (χ4n) is 3.30. The van der Waals surface area contributed by atoms with Crippen molar-refractivity contribution in [1.82, 2.24) is 4.72 Å². The van der Waals surface area contributed by atoms with Gasteiger partial charge in [-0.3, -0.25) is 9.59 Å². The number of amides is 1. The number of esters is 1. The molecule has 1 saturated carbocycles. The van der Waals surface area contributed by atoms with Crippen LogP contribution in [0.5, 0.6) is 5.75 Å². The van der Waals surface area contributed by atoms with Crippen molar-refractivity contribution in [2.75, 3.05) is 25.1 Å². The number of sulfonamides is 1. The van der Waals surface area contributed by atoms with Gasteiger partial charge in [0.15, 0.2) is 6.61 Å². The maximum atomic E-state index is 12.2. The molecule has 2 aromatic carbocycles. The van der Waals surface area contributed by atoms with E-state index in [1.54, 1.807) is 19.1 Å². The second-order valence-corrected chi connectivity index (χ2v) is 10.2. The Hall–Kier alpha value is -2.91. The molecule has 0 atom stereocenters. The molecule has 2 N–H and O–H groups in total. The summed E-state index contributed by atoms with van der Waals surface area (Å²) in [5, 5.41) is 2.74. The smallest absolute Gasteiger partial charge is 0.316 e. The minimum Gasteiger partial charge on any atom is -0.484 e. The van der Waals surface area contributed by atoms with Crippen LogP contribution in [0.15, 0.2) is 53.4 Å². The van der Waals surface area contributed by atoms with E-state index in [0.717, 1.165) is 18.4 Å². The summed E-state index contributed by atoms with van der Waals surface area (Å²) in [6, 6.07) is 13.0. The average molecular weight is 475 g/mol. The highest BCUT2D eigenvalue weighted by atomic mass is 32.2. The van der Waals surface area contributed by atoms with Crippen LogP contribution in [0.2, 0.25) is 0 Å². The summed E-state index contributed by atoms with van der Waals surface area (Å²) in [7, 11) is -3.58. The Balaban J connectivity index is 1.51. The van der Waals surface area contributed by atoms with Gasteiger partial charge in [-0.25, -0.2) is 13.1 Å². The summed E-state index contributed by atoms with van der Waals surface area (Å²) in [6.07, 6.45) is 1.53. The molecular weight excluding hydrogens is 444 g/mol. The van der Waals surface area contributed by atoms with Gasteiger partial charge in [-0.15, -0.1) is 0 Å². The van der Waals surface area contributed by atoms with Crippen molar-refractivity contribution < 1.29 is 27.5 Å². The molecular formula is C24H30N2O6S. The van der Waals surface area contributed by atoms with Crippen LogP contribution in [0.1, 0.15) is 39.2 Å². The van der Waals surface area contributed by atoms with Crippen molar-refractivity contribution in [2.24, 2.45) is 5.92 Å². The largest absolute Gasteiger partial charge is 0.484 e. The molecule has 0 aromatic heterocycles. The van der Waals surface area contributed by atoms with Crippen molar-refractivity contribution in [3.05, 3.63) is 54.1 Å². The third-order valence-corrected chi connectivity index (χ3v) is 6.76. The van der Waals surface area contributed by atoms with Crippen LogP contribution in [0, 0.1) is 5.92 Å². The van der Waals surface area contributed by atoms with Gasteiger partial charge in [0, 0.05) is 12.2 Å². The molecule has 9 heteroatoms. The number of anilines is 1. The molecule has 0 saturated heterocycles. The Labute approximate surface area is 194 Å². The van der Waals surface area contributed by atoms with E-state index in [2.05, 4.69) is 10.0 Å². The quantitative estimate of drug-likeness (QED) is 0.484. The topological polar surface area (TPSA) is 111 Å². The second-order valence-electron chi connectivity index (χ2n) is 8.43. The lowest BCUT2D eigenvalue weighted by molar-refractivity contribution is -0.146. The zero-order valence-corrected chi connectivity index (χ0v) is 19.9. The zero-order chi connectivity index (χ0) is 24.1. The third-order valence-electron chi connectivity index (χ3n) is 5.32. The highest BCUT2D eigenvalue weighted by Crippen LogP contribution is 2.49. The van der Waals surface area contributed by atoms with Crippen LogP contribution in [-0.4, -0.2) is 40.1 Å². The first kappa shape index (κ1) is 24.7. The maximum Gasteiger partial charge on any atom is 0.316 e. The van der Waals surface area contributed by atoms with Crippen LogP contribution in [-0.2, 0) is 29.8 Å². The number of hydrogen-bond donors (Lipinski definition) is 2. The minimum atomic E-state index is -3.58. The second kappa shape index (κ2) is 10.4. The molecule has 0 unspecified atom stereocenters. The summed E-state index contributed by atoms with van der Waals surface area (Å²) in [6.45, 7) is 6.11. The monoisotopic (exact) mass is 474 g/mol. The van der Waals surface area contributed by atoms with E-state index in [-0.39, 0.29) is 29.3 Å². The van der Waals surface area contributed by atoms with Gasteiger partial charge in [-0.2, -0.15) is 0 Å². The van der Waals surface area contributed by atoms with Gasteiger partial charge < -0.3 is 14.8 Å². The fraction of sp³-hybridized carbons (Fsp3) is 0.417. The lowest BCUT2D eigenvalue weighted by Crippen LogP contribution is -2.27. The number of carbonyl (C=O) groups is 2. The average Bonchev–Trinajstić information content (AvgIpc) is 3.60. The molecule has 0 bridgehead atoms. The summed E-state index contributed by atoms with van der Waals surface area (Å²) >= 11 is 0. The van der Waals surface area contributed by atoms with Gasteiger partial charge in [-0.1, -0.05) is 26.0 Å². The molecule has 0 heterocycles. The highest BCUT2D eigenvalue weighted by Gasteiger charge is 2.52. The predicted molar refractivity (Wildman–Crippen MR) is 125 cm³/mol. The highest BCUT2D eigenvalue weighted by molar-refractivity contribution is 7.89. The molecule has 0 radical (unpaired) electrons. The molecule has 0 spiro atoms. The Kier molecular flexibility index (Phi) is 7.76. The third kappa shape index (κ3) is 6.33. The minimum absolute atomic E-state index is 0.135. The van der Waals surface area contributed by atoms with Crippen molar-refractivity contribution in [3.63, 3.8) is 0 Å². The Morgan fingerprint density at radius 2 is 1.67 bits per heavy atom. The van der Waals surface area contributed by atoms with E-state index >= 15 is 0 Å². The van der Waals surface area contributed by atoms with Crippen molar-refractivity contribution in [1.29, 1.82) is 0 Å². The number of ether oxygens (including phenoxy) is 2. The van der Waals surface area contributed by atoms with Gasteiger partial charge in [0.1, 0.15) is 5.75 Å². The van der Waals surface area contributed by atoms with Crippen molar-refractivity contribution >= 4 is 27.6 Å². The zero-order valence-electron chi connectivity index (χ0n) is 19.1. The normalized spacial score (nSPS) is 14.5. The number of carbonyl (C=O) groups excluding carboxylic acids is 2. The number of benzene rings is 2. The van der Waals surface area contributed by atoms with Gasteiger partial charge in [0.05, 0.1) is 16.9 Å². The molecule has 1 fully saturated rings. The molecule has 178 valence electrons. The van der Waals surface area contributed by atoms with E-state index in [9.17, 15) is 18.0 Å². The molecule has 1 amide bonds. The first-order chi connectivity index (χ1) is 15.7. The number of nitrogens with one attached hydrogen (secondary N) is 2. The molecule has 8 nitrogen and oxygen atoms in total. The van der Waals surface area contributed by atoms with Crippen LogP contribution in [0.25, 0.3) is 0 Å². The van der Waals surface area contributed by atoms with Crippen LogP contribution < -0.4 is 14.8 Å². The van der Waals surface area contributed by atoms with Crippen molar-refractivity contribution in [3.8, 4) is 5.75 Å². The Morgan fingerprint density at radius 1 is 1.03 bits per heavy atom. The van der Waals surface area contributed by atoms with Gasteiger partial charge >= 0.3 is 5.97 Å². The van der Waals surface area contributed by atoms with Gasteiger partial charge in [0.2, 0.25) is 10.0 Å². The van der Waals surface area contributed by atoms with E-state index in [0.29, 0.717) is 24.6 Å². The molecule has 1 aliphatic carbocycles. The molecule has 0 aliphatic heterocycles. The van der Waals surface area contributed by atoms with E-state index < -0.39 is 15.4 Å². The fourth-order valence-corrected chi connectivity index (χ4v) is 4.51. The van der Waals surface area contributed by atoms with Gasteiger partial charge in [-0.05, 0) is 67.6 Å². The Morgan fingerprint density at radius 3 is 2.21 bits per heavy atom. The van der Waals surface area contributed by atoms with E-state index in [4.69, 9.17) is 9.47 Å². The van der Waals surface area contributed by atoms with Crippen LogP contribution in [0.3, 0.4) is 0 Å². The molecule has 33 heavy (non-hydrogen) atoms. The van der Waals surface area contributed by atoms with Crippen molar-refractivity contribution in [2.45, 2.75) is 43.9 Å². The first-order valence-electron chi connectivity index (χ1n) is 11.0. The van der Waals surface area contributed by atoms with E-state index in [1.807, 2.05) is 26.0 Å². The van der Waals surface area contributed by atoms with Crippen LogP contribution >= 0.6 is 0 Å². The summed E-state index contributed by atoms with van der Waals surface area (Å²) in [5.74, 6) is 0.0205. The predicted octanol–water partition coefficient (Wildman–Crippen LogP) is 3.23. The summed E-state index contributed by atoms with van der Waals surface area (Å²) in [4.78, 5) is 24.6. The first-order valence-corrected chi connectivity index (χ1v) is 12.4. The lowest BCUT2D eigenvalue weighted by Gasteiger charge is -2.15. The maximum absolute atomic E-state index is 12.2. The lowest BCUT2D eigenvalue weighted by atomic mass is 9.96. The number of rotatable bonds is 11. The molecule has 3 rings (SSSR count). The SMILES string of the molecule is CCOC(=O)C1(c2ccc(NC(=O)COc3ccc(S(=O)(=O)NCC(C)C)cc3)cc2)CC1. The van der Waals surface area contributed by atoms with E-state index in [1.165, 1.54) is 24.3 Å². The summed E-state index contributed by atoms with van der Waals surface area (Å²) in [5.41, 5.74) is 0.920. The standard InChI is InChI=1S/C24H30N2O6S/c1-4-31-23(28)24(13-14-24)18-5-7-19(8-6-18)26-22(27)16-32-20-9-11-21(12-10-20)33(29,30)25-15-17(2)3/h5-12,17,25H,4,13-16H2,1-3H3,(H,26,27). The molecule has 1 aliphatic rings. The van der Waals surface area contributed by atoms with Crippen LogP contribution in [0.4, 0.5) is 5.69 Å². The Bertz CT molecular complexity index is 1070. The molecule has 2 aromatic rings. The summed E-state index contributed by atoms with van der Waals surface area (Å²) < 4.78 is 37.7. The van der Waals surface area contributed by atoms with Gasteiger partial charge in [0.25, 0.3) is 5.91 Å².